The third-order valence-corrected chi connectivity index (χ3v) is 4.82. The fourth-order valence-corrected chi connectivity index (χ4v) is 3.29. The molecule has 25 heavy (non-hydrogen) atoms. The first-order valence-corrected chi connectivity index (χ1v) is 9.60. The Kier molecular flexibility index (Phi) is 8.15. The first-order valence-electron chi connectivity index (χ1n) is 9.19. The second kappa shape index (κ2) is 10.4. The van der Waals surface area contributed by atoms with Crippen molar-refractivity contribution < 1.29 is 9.53 Å². The van der Waals surface area contributed by atoms with Gasteiger partial charge in [-0.05, 0) is 62.4 Å². The number of thiocarbonyl (C=S) groups is 1. The zero-order chi connectivity index (χ0) is 18.1. The highest BCUT2D eigenvalue weighted by molar-refractivity contribution is 7.80. The van der Waals surface area contributed by atoms with E-state index in [0.717, 1.165) is 25.3 Å². The van der Waals surface area contributed by atoms with Crippen LogP contribution in [0.3, 0.4) is 0 Å². The second-order valence-electron chi connectivity index (χ2n) is 6.32. The molecule has 0 spiro atoms. The molecule has 0 heterocycles. The van der Waals surface area contributed by atoms with Gasteiger partial charge in [0.2, 0.25) is 0 Å². The van der Waals surface area contributed by atoms with Crippen LogP contribution in [-0.2, 0) is 4.74 Å². The third kappa shape index (κ3) is 6.63. The summed E-state index contributed by atoms with van der Waals surface area (Å²) in [6.07, 6.45) is 4.90. The first kappa shape index (κ1) is 19.7. The molecule has 0 aliphatic heterocycles. The number of anilines is 1. The summed E-state index contributed by atoms with van der Waals surface area (Å²) in [5.74, 6) is -0.287. The van der Waals surface area contributed by atoms with Crippen molar-refractivity contribution in [2.45, 2.75) is 45.6 Å². The number of hydrogen-bond acceptors (Lipinski definition) is 4. The summed E-state index contributed by atoms with van der Waals surface area (Å²) in [6.45, 7) is 7.30. The summed E-state index contributed by atoms with van der Waals surface area (Å²) in [4.78, 5) is 14.3. The van der Waals surface area contributed by atoms with Gasteiger partial charge < -0.3 is 20.3 Å². The van der Waals surface area contributed by atoms with Crippen molar-refractivity contribution in [2.24, 2.45) is 0 Å². The Balaban J connectivity index is 1.76. The summed E-state index contributed by atoms with van der Waals surface area (Å²) in [6, 6.07) is 7.72. The van der Waals surface area contributed by atoms with Crippen molar-refractivity contribution in [3.8, 4) is 0 Å². The van der Waals surface area contributed by atoms with E-state index in [0.29, 0.717) is 23.3 Å². The first-order chi connectivity index (χ1) is 12.1. The molecule has 0 atom stereocenters. The Morgan fingerprint density at radius 2 is 1.84 bits per heavy atom. The van der Waals surface area contributed by atoms with Crippen molar-refractivity contribution in [3.63, 3.8) is 0 Å². The molecular weight excluding hydrogens is 334 g/mol. The van der Waals surface area contributed by atoms with Gasteiger partial charge in [-0.25, -0.2) is 4.79 Å². The summed E-state index contributed by atoms with van der Waals surface area (Å²) < 4.78 is 5.33. The molecule has 1 saturated carbocycles. The van der Waals surface area contributed by atoms with E-state index in [2.05, 4.69) is 29.4 Å². The van der Waals surface area contributed by atoms with E-state index in [1.807, 2.05) is 12.1 Å². The largest absolute Gasteiger partial charge is 0.461 e. The van der Waals surface area contributed by atoms with Gasteiger partial charge in [-0.1, -0.05) is 26.7 Å². The smallest absolute Gasteiger partial charge is 0.338 e. The lowest BCUT2D eigenvalue weighted by Gasteiger charge is -2.17. The fourth-order valence-electron chi connectivity index (χ4n) is 3.00. The van der Waals surface area contributed by atoms with Crippen LogP contribution in [0, 0.1) is 0 Å². The standard InChI is InChI=1S/C19H29N3O2S/c1-3-22(4-2)13-14-24-18(23)15-9-11-17(12-10-15)21-19(25)20-16-7-5-6-8-16/h9-12,16H,3-8,13-14H2,1-2H3,(H2,20,21,25). The van der Waals surface area contributed by atoms with E-state index in [1.165, 1.54) is 25.7 Å². The Morgan fingerprint density at radius 3 is 2.44 bits per heavy atom. The van der Waals surface area contributed by atoms with Gasteiger partial charge in [-0.3, -0.25) is 0 Å². The Morgan fingerprint density at radius 1 is 1.20 bits per heavy atom. The quantitative estimate of drug-likeness (QED) is 0.545. The second-order valence-corrected chi connectivity index (χ2v) is 6.73. The van der Waals surface area contributed by atoms with Crippen LogP contribution in [-0.4, -0.2) is 48.3 Å². The minimum absolute atomic E-state index is 0.287. The Labute approximate surface area is 156 Å². The maximum atomic E-state index is 12.1. The van der Waals surface area contributed by atoms with E-state index >= 15 is 0 Å². The Bertz CT molecular complexity index is 552. The highest BCUT2D eigenvalue weighted by Gasteiger charge is 2.15. The number of likely N-dealkylation sites (N-methyl/N-ethyl adjacent to an activating group) is 1. The van der Waals surface area contributed by atoms with Gasteiger partial charge in [0.1, 0.15) is 6.61 Å². The molecule has 1 aliphatic carbocycles. The lowest BCUT2D eigenvalue weighted by Crippen LogP contribution is -2.35. The van der Waals surface area contributed by atoms with Gasteiger partial charge >= 0.3 is 5.97 Å². The van der Waals surface area contributed by atoms with Gasteiger partial charge in [0.25, 0.3) is 0 Å². The van der Waals surface area contributed by atoms with Gasteiger partial charge in [0.05, 0.1) is 5.56 Å². The van der Waals surface area contributed by atoms with Crippen molar-refractivity contribution in [3.05, 3.63) is 29.8 Å². The molecule has 1 aromatic rings. The molecule has 0 saturated heterocycles. The molecule has 1 aliphatic rings. The maximum absolute atomic E-state index is 12.1. The van der Waals surface area contributed by atoms with E-state index in [-0.39, 0.29) is 5.97 Å². The molecule has 0 unspecified atom stereocenters. The van der Waals surface area contributed by atoms with Crippen LogP contribution < -0.4 is 10.6 Å². The van der Waals surface area contributed by atoms with Crippen LogP contribution in [0.2, 0.25) is 0 Å². The lowest BCUT2D eigenvalue weighted by molar-refractivity contribution is 0.0466. The number of rotatable bonds is 8. The summed E-state index contributed by atoms with van der Waals surface area (Å²) >= 11 is 5.34. The molecule has 1 fully saturated rings. The predicted octanol–water partition coefficient (Wildman–Crippen LogP) is 3.41. The van der Waals surface area contributed by atoms with Gasteiger partial charge in [-0.2, -0.15) is 0 Å². The normalized spacial score (nSPS) is 14.5. The number of ether oxygens (including phenoxy) is 1. The molecule has 0 amide bonds. The zero-order valence-electron chi connectivity index (χ0n) is 15.2. The number of esters is 1. The number of nitrogens with one attached hydrogen (secondary N) is 2. The van der Waals surface area contributed by atoms with Crippen molar-refractivity contribution in [2.75, 3.05) is 31.6 Å². The van der Waals surface area contributed by atoms with Gasteiger partial charge in [0, 0.05) is 18.3 Å². The summed E-state index contributed by atoms with van der Waals surface area (Å²) in [5.41, 5.74) is 1.43. The van der Waals surface area contributed by atoms with E-state index in [1.54, 1.807) is 12.1 Å². The Hall–Kier alpha value is -1.66. The van der Waals surface area contributed by atoms with Gasteiger partial charge in [0.15, 0.2) is 5.11 Å². The molecule has 0 radical (unpaired) electrons. The molecule has 1 aromatic carbocycles. The monoisotopic (exact) mass is 363 g/mol. The lowest BCUT2D eigenvalue weighted by atomic mass is 10.2. The number of carbonyl (C=O) groups excluding carboxylic acids is 1. The number of nitrogens with zero attached hydrogens (tertiary/aromatic N) is 1. The number of hydrogen-bond donors (Lipinski definition) is 2. The molecule has 0 aromatic heterocycles. The van der Waals surface area contributed by atoms with Crippen LogP contribution in [0.1, 0.15) is 49.9 Å². The average molecular weight is 364 g/mol. The van der Waals surface area contributed by atoms with Crippen LogP contribution in [0.15, 0.2) is 24.3 Å². The molecule has 138 valence electrons. The van der Waals surface area contributed by atoms with E-state index < -0.39 is 0 Å². The van der Waals surface area contributed by atoms with Crippen molar-refractivity contribution in [1.29, 1.82) is 0 Å². The topological polar surface area (TPSA) is 53.6 Å². The number of benzene rings is 1. The SMILES string of the molecule is CCN(CC)CCOC(=O)c1ccc(NC(=S)NC2CCCC2)cc1. The fraction of sp³-hybridized carbons (Fsp3) is 0.579. The molecule has 5 nitrogen and oxygen atoms in total. The molecule has 2 N–H and O–H groups in total. The van der Waals surface area contributed by atoms with E-state index in [9.17, 15) is 4.79 Å². The van der Waals surface area contributed by atoms with Crippen LogP contribution in [0.5, 0.6) is 0 Å². The van der Waals surface area contributed by atoms with Gasteiger partial charge in [-0.15, -0.1) is 0 Å². The van der Waals surface area contributed by atoms with Crippen molar-refractivity contribution in [1.82, 2.24) is 10.2 Å². The highest BCUT2D eigenvalue weighted by Crippen LogP contribution is 2.18. The summed E-state index contributed by atoms with van der Waals surface area (Å²) in [7, 11) is 0. The molecule has 0 bridgehead atoms. The predicted molar refractivity (Wildman–Crippen MR) is 106 cm³/mol. The molecular formula is C19H29N3O2S. The van der Waals surface area contributed by atoms with Crippen LogP contribution >= 0.6 is 12.2 Å². The number of carbonyl (C=O) groups is 1. The average Bonchev–Trinajstić information content (AvgIpc) is 3.12. The van der Waals surface area contributed by atoms with Crippen LogP contribution in [0.25, 0.3) is 0 Å². The highest BCUT2D eigenvalue weighted by atomic mass is 32.1. The minimum Gasteiger partial charge on any atom is -0.461 e. The molecule has 6 heteroatoms. The van der Waals surface area contributed by atoms with Crippen LogP contribution in [0.4, 0.5) is 5.69 Å². The minimum atomic E-state index is -0.287. The maximum Gasteiger partial charge on any atom is 0.338 e. The summed E-state index contributed by atoms with van der Waals surface area (Å²) in [5, 5.41) is 7.15. The zero-order valence-corrected chi connectivity index (χ0v) is 16.0. The van der Waals surface area contributed by atoms with Crippen molar-refractivity contribution >= 4 is 29.0 Å². The molecule has 2 rings (SSSR count). The van der Waals surface area contributed by atoms with E-state index in [4.69, 9.17) is 17.0 Å². The third-order valence-electron chi connectivity index (χ3n) is 4.60.